The maximum absolute atomic E-state index is 12.3. The van der Waals surface area contributed by atoms with E-state index in [1.165, 1.54) is 25.3 Å². The lowest BCUT2D eigenvalue weighted by molar-refractivity contribution is -0.384. The fourth-order valence-corrected chi connectivity index (χ4v) is 3.43. The van der Waals surface area contributed by atoms with Gasteiger partial charge in [0, 0.05) is 25.7 Å². The lowest BCUT2D eigenvalue weighted by Gasteiger charge is -2.11. The highest BCUT2D eigenvalue weighted by atomic mass is 32.2. The molecule has 1 aromatic rings. The van der Waals surface area contributed by atoms with Gasteiger partial charge in [-0.25, -0.2) is 0 Å². The van der Waals surface area contributed by atoms with E-state index in [1.807, 2.05) is 6.92 Å². The van der Waals surface area contributed by atoms with Crippen LogP contribution >= 0.6 is 11.8 Å². The van der Waals surface area contributed by atoms with Crippen molar-refractivity contribution >= 4 is 40.1 Å². The van der Waals surface area contributed by atoms with Crippen molar-refractivity contribution in [3.05, 3.63) is 28.3 Å². The van der Waals surface area contributed by atoms with E-state index >= 15 is 0 Å². The number of amides is 2. The molecule has 2 rings (SSSR count). The minimum absolute atomic E-state index is 0.111. The number of hydrogen-bond donors (Lipinski definition) is 2. The average molecular weight is 396 g/mol. The Hall–Kier alpha value is -2.66. The number of rotatable bonds is 8. The predicted octanol–water partition coefficient (Wildman–Crippen LogP) is 1.55. The summed E-state index contributed by atoms with van der Waals surface area (Å²) in [5.41, 5.74) is -0.0108. The Morgan fingerprint density at radius 2 is 2.22 bits per heavy atom. The van der Waals surface area contributed by atoms with Gasteiger partial charge in [0.25, 0.3) is 5.69 Å². The number of carbonyl (C=O) groups is 2. The molecule has 0 saturated carbocycles. The number of non-ortho nitro benzene ring substituents is 1. The standard InChI is InChI=1S/C16H20N4O6S/c1-9(8-25-2)17-16-19-15(22)13(27-16)7-14(21)18-11-6-10(20(23)24)4-5-12(11)26-3/h4-6,9,13H,7-8H2,1-3H3,(H,18,21)(H,17,19,22)/t9-,13+/m1/s1. The molecule has 0 radical (unpaired) electrons. The fourth-order valence-electron chi connectivity index (χ4n) is 2.36. The molecule has 1 aliphatic heterocycles. The van der Waals surface area contributed by atoms with Gasteiger partial charge in [0.1, 0.15) is 11.0 Å². The van der Waals surface area contributed by atoms with Crippen molar-refractivity contribution < 1.29 is 24.0 Å². The summed E-state index contributed by atoms with van der Waals surface area (Å²) in [4.78, 5) is 39.0. The number of aliphatic imine (C=N–C) groups is 1. The van der Waals surface area contributed by atoms with Crippen LogP contribution < -0.4 is 15.4 Å². The van der Waals surface area contributed by atoms with Crippen LogP contribution in [0.4, 0.5) is 11.4 Å². The monoisotopic (exact) mass is 396 g/mol. The maximum Gasteiger partial charge on any atom is 0.271 e. The van der Waals surface area contributed by atoms with Crippen molar-refractivity contribution in [2.75, 3.05) is 26.1 Å². The Balaban J connectivity index is 2.03. The van der Waals surface area contributed by atoms with Gasteiger partial charge in [-0.3, -0.25) is 24.7 Å². The van der Waals surface area contributed by atoms with Crippen LogP contribution in [-0.4, -0.2) is 54.0 Å². The highest BCUT2D eigenvalue weighted by Gasteiger charge is 2.32. The zero-order valence-corrected chi connectivity index (χ0v) is 15.9. The zero-order valence-electron chi connectivity index (χ0n) is 15.1. The first-order valence-electron chi connectivity index (χ1n) is 8.00. The largest absolute Gasteiger partial charge is 0.495 e. The van der Waals surface area contributed by atoms with Crippen LogP contribution in [0.15, 0.2) is 23.2 Å². The molecule has 1 aliphatic rings. The van der Waals surface area contributed by atoms with E-state index < -0.39 is 16.1 Å². The zero-order chi connectivity index (χ0) is 20.0. The Morgan fingerprint density at radius 3 is 2.85 bits per heavy atom. The van der Waals surface area contributed by atoms with Crippen molar-refractivity contribution in [3.8, 4) is 5.75 Å². The summed E-state index contributed by atoms with van der Waals surface area (Å²) < 4.78 is 10.1. The molecule has 0 aliphatic carbocycles. The molecule has 1 fully saturated rings. The van der Waals surface area contributed by atoms with Crippen LogP contribution in [0.25, 0.3) is 0 Å². The second-order valence-electron chi connectivity index (χ2n) is 5.73. The van der Waals surface area contributed by atoms with Gasteiger partial charge >= 0.3 is 0 Å². The summed E-state index contributed by atoms with van der Waals surface area (Å²) >= 11 is 1.16. The van der Waals surface area contributed by atoms with E-state index in [-0.39, 0.29) is 35.5 Å². The van der Waals surface area contributed by atoms with Crippen LogP contribution in [0.5, 0.6) is 5.75 Å². The summed E-state index contributed by atoms with van der Waals surface area (Å²) in [7, 11) is 2.95. The lowest BCUT2D eigenvalue weighted by atomic mass is 10.2. The lowest BCUT2D eigenvalue weighted by Crippen LogP contribution is -2.28. The quantitative estimate of drug-likeness (QED) is 0.503. The summed E-state index contributed by atoms with van der Waals surface area (Å²) in [6, 6.07) is 3.75. The number of amidine groups is 1. The normalized spacial score (nSPS) is 18.9. The molecule has 1 heterocycles. The van der Waals surface area contributed by atoms with E-state index in [1.54, 1.807) is 7.11 Å². The molecule has 146 valence electrons. The molecule has 0 aromatic heterocycles. The molecular weight excluding hydrogens is 376 g/mol. The van der Waals surface area contributed by atoms with Crippen molar-refractivity contribution in [2.45, 2.75) is 24.6 Å². The number of carbonyl (C=O) groups excluding carboxylic acids is 2. The van der Waals surface area contributed by atoms with Crippen molar-refractivity contribution in [3.63, 3.8) is 0 Å². The average Bonchev–Trinajstić information content (AvgIpc) is 2.93. The van der Waals surface area contributed by atoms with Gasteiger partial charge in [-0.2, -0.15) is 0 Å². The Morgan fingerprint density at radius 1 is 1.48 bits per heavy atom. The highest BCUT2D eigenvalue weighted by molar-refractivity contribution is 8.15. The summed E-state index contributed by atoms with van der Waals surface area (Å²) in [6.07, 6.45) is -0.111. The molecule has 2 amide bonds. The van der Waals surface area contributed by atoms with Crippen LogP contribution in [0.2, 0.25) is 0 Å². The van der Waals surface area contributed by atoms with Crippen molar-refractivity contribution in [2.24, 2.45) is 4.99 Å². The van der Waals surface area contributed by atoms with Gasteiger partial charge < -0.3 is 20.1 Å². The van der Waals surface area contributed by atoms with Gasteiger partial charge in [-0.05, 0) is 13.0 Å². The fraction of sp³-hybridized carbons (Fsp3) is 0.438. The maximum atomic E-state index is 12.3. The number of nitrogens with one attached hydrogen (secondary N) is 2. The molecule has 10 nitrogen and oxygen atoms in total. The van der Waals surface area contributed by atoms with E-state index in [2.05, 4.69) is 15.6 Å². The van der Waals surface area contributed by atoms with E-state index in [4.69, 9.17) is 9.47 Å². The Kier molecular flexibility index (Phi) is 7.13. The number of ether oxygens (including phenoxy) is 2. The second-order valence-corrected chi connectivity index (χ2v) is 6.92. The molecule has 2 N–H and O–H groups in total. The predicted molar refractivity (Wildman–Crippen MR) is 101 cm³/mol. The minimum atomic E-state index is -0.636. The number of benzene rings is 1. The Bertz CT molecular complexity index is 769. The number of nitro benzene ring substituents is 1. The third-order valence-electron chi connectivity index (χ3n) is 3.56. The summed E-state index contributed by atoms with van der Waals surface area (Å²) in [6.45, 7) is 2.26. The smallest absolute Gasteiger partial charge is 0.271 e. The van der Waals surface area contributed by atoms with E-state index in [9.17, 15) is 19.7 Å². The topological polar surface area (TPSA) is 132 Å². The first kappa shape index (κ1) is 20.6. The molecule has 11 heteroatoms. The van der Waals surface area contributed by atoms with Crippen LogP contribution in [0.3, 0.4) is 0 Å². The highest BCUT2D eigenvalue weighted by Crippen LogP contribution is 2.30. The molecule has 27 heavy (non-hydrogen) atoms. The third-order valence-corrected chi connectivity index (χ3v) is 4.66. The van der Waals surface area contributed by atoms with Crippen LogP contribution in [0, 0.1) is 10.1 Å². The number of nitro groups is 1. The van der Waals surface area contributed by atoms with Crippen molar-refractivity contribution in [1.82, 2.24) is 5.32 Å². The molecule has 0 bridgehead atoms. The van der Waals surface area contributed by atoms with Gasteiger partial charge in [-0.15, -0.1) is 0 Å². The SMILES string of the molecule is COC[C@@H](C)N=C1NC(=O)[C@H](CC(=O)Nc2cc([N+](=O)[O-])ccc2OC)S1. The third kappa shape index (κ3) is 5.66. The van der Waals surface area contributed by atoms with Crippen molar-refractivity contribution in [1.29, 1.82) is 0 Å². The molecular formula is C16H20N4O6S. The molecule has 2 atom stereocenters. The number of hydrogen-bond acceptors (Lipinski definition) is 8. The number of thioether (sulfide) groups is 1. The van der Waals surface area contributed by atoms with Crippen LogP contribution in [0.1, 0.15) is 13.3 Å². The second kappa shape index (κ2) is 9.33. The summed E-state index contributed by atoms with van der Waals surface area (Å²) in [5, 5.41) is 15.9. The molecule has 1 aromatic carbocycles. The molecule has 0 unspecified atom stereocenters. The van der Waals surface area contributed by atoms with E-state index in [0.717, 1.165) is 11.8 Å². The van der Waals surface area contributed by atoms with Gasteiger partial charge in [-0.1, -0.05) is 11.8 Å². The first-order chi connectivity index (χ1) is 12.8. The van der Waals surface area contributed by atoms with Gasteiger partial charge in [0.05, 0.1) is 30.4 Å². The number of methoxy groups -OCH3 is 2. The molecule has 1 saturated heterocycles. The van der Waals surface area contributed by atoms with Gasteiger partial charge in [0.2, 0.25) is 11.8 Å². The number of anilines is 1. The summed E-state index contributed by atoms with van der Waals surface area (Å²) in [5.74, 6) is -0.495. The number of nitrogens with zero attached hydrogens (tertiary/aromatic N) is 2. The molecule has 0 spiro atoms. The first-order valence-corrected chi connectivity index (χ1v) is 8.88. The van der Waals surface area contributed by atoms with E-state index in [0.29, 0.717) is 11.8 Å². The van der Waals surface area contributed by atoms with Crippen LogP contribution in [-0.2, 0) is 14.3 Å². The Labute approximate surface area is 159 Å². The van der Waals surface area contributed by atoms with Gasteiger partial charge in [0.15, 0.2) is 5.17 Å². The minimum Gasteiger partial charge on any atom is -0.495 e.